The Kier molecular flexibility index (Phi) is 2.46. The highest BCUT2D eigenvalue weighted by atomic mass is 32.2. The second kappa shape index (κ2) is 3.93. The summed E-state index contributed by atoms with van der Waals surface area (Å²) in [7, 11) is -2.23. The summed E-state index contributed by atoms with van der Waals surface area (Å²) in [6.45, 7) is 0. The van der Waals surface area contributed by atoms with Crippen LogP contribution < -0.4 is 4.31 Å². The molecular formula is C14H11NO3S. The maximum absolute atomic E-state index is 12.5. The number of anilines is 1. The summed E-state index contributed by atoms with van der Waals surface area (Å²) in [5.41, 5.74) is 1.03. The van der Waals surface area contributed by atoms with Crippen molar-refractivity contribution < 1.29 is 13.2 Å². The second-order valence-electron chi connectivity index (χ2n) is 4.31. The van der Waals surface area contributed by atoms with Crippen LogP contribution in [0.15, 0.2) is 53.4 Å². The summed E-state index contributed by atoms with van der Waals surface area (Å²) >= 11 is 0. The average Bonchev–Trinajstić information content (AvgIpc) is 2.50. The molecule has 4 nitrogen and oxygen atoms in total. The van der Waals surface area contributed by atoms with E-state index in [9.17, 15) is 13.2 Å². The molecule has 0 radical (unpaired) electrons. The van der Waals surface area contributed by atoms with Crippen molar-refractivity contribution in [2.45, 2.75) is 4.90 Å². The standard InChI is InChI=1S/C14H11NO3S/c1-15-12-8-4-2-6-10(12)14(16)11-7-3-5-9-13(11)19(15,17)18/h2-9H,1H3. The van der Waals surface area contributed by atoms with Gasteiger partial charge >= 0.3 is 0 Å². The third-order valence-corrected chi connectivity index (χ3v) is 5.09. The predicted octanol–water partition coefficient (Wildman–Crippen LogP) is 2.06. The number of benzene rings is 2. The van der Waals surface area contributed by atoms with Gasteiger partial charge in [-0.15, -0.1) is 0 Å². The zero-order valence-corrected chi connectivity index (χ0v) is 11.0. The number of fused-ring (bicyclic) bond motifs is 2. The van der Waals surface area contributed by atoms with E-state index in [0.717, 1.165) is 4.31 Å². The van der Waals surface area contributed by atoms with Crippen LogP contribution in [0, 0.1) is 0 Å². The van der Waals surface area contributed by atoms with Gasteiger partial charge < -0.3 is 0 Å². The largest absolute Gasteiger partial charge is 0.288 e. The Balaban J connectivity index is 2.45. The molecule has 0 aliphatic carbocycles. The van der Waals surface area contributed by atoms with Gasteiger partial charge in [0.05, 0.1) is 10.6 Å². The van der Waals surface area contributed by atoms with Crippen molar-refractivity contribution in [2.24, 2.45) is 0 Å². The first-order chi connectivity index (χ1) is 9.03. The van der Waals surface area contributed by atoms with E-state index in [0.29, 0.717) is 11.3 Å². The Morgan fingerprint density at radius 2 is 1.47 bits per heavy atom. The van der Waals surface area contributed by atoms with Gasteiger partial charge in [0, 0.05) is 18.2 Å². The lowest BCUT2D eigenvalue weighted by Crippen LogP contribution is -2.26. The van der Waals surface area contributed by atoms with Crippen LogP contribution in [-0.4, -0.2) is 21.2 Å². The Labute approximate surface area is 111 Å². The van der Waals surface area contributed by atoms with E-state index >= 15 is 0 Å². The molecule has 1 aliphatic rings. The van der Waals surface area contributed by atoms with E-state index in [-0.39, 0.29) is 16.2 Å². The fourth-order valence-corrected chi connectivity index (χ4v) is 3.64. The Bertz CT molecular complexity index is 781. The molecule has 0 saturated heterocycles. The first kappa shape index (κ1) is 11.9. The number of nitrogens with zero attached hydrogens (tertiary/aromatic N) is 1. The average molecular weight is 273 g/mol. The van der Waals surface area contributed by atoms with Crippen LogP contribution in [0.25, 0.3) is 0 Å². The lowest BCUT2D eigenvalue weighted by molar-refractivity contribution is 0.103. The smallest absolute Gasteiger partial charge is 0.264 e. The van der Waals surface area contributed by atoms with E-state index in [1.165, 1.54) is 13.1 Å². The van der Waals surface area contributed by atoms with Crippen LogP contribution >= 0.6 is 0 Å². The monoisotopic (exact) mass is 273 g/mol. The molecule has 0 atom stereocenters. The van der Waals surface area contributed by atoms with Gasteiger partial charge in [0.25, 0.3) is 10.0 Å². The van der Waals surface area contributed by atoms with Crippen LogP contribution in [0.5, 0.6) is 0 Å². The molecule has 0 amide bonds. The lowest BCUT2D eigenvalue weighted by atomic mass is 10.0. The third-order valence-electron chi connectivity index (χ3n) is 3.26. The second-order valence-corrected chi connectivity index (χ2v) is 6.25. The molecule has 1 aliphatic heterocycles. The van der Waals surface area contributed by atoms with Crippen LogP contribution in [0.2, 0.25) is 0 Å². The van der Waals surface area contributed by atoms with Gasteiger partial charge in [-0.2, -0.15) is 0 Å². The zero-order valence-electron chi connectivity index (χ0n) is 10.2. The molecule has 1 heterocycles. The van der Waals surface area contributed by atoms with Crippen molar-refractivity contribution in [3.05, 3.63) is 59.7 Å². The van der Waals surface area contributed by atoms with Crippen molar-refractivity contribution >= 4 is 21.5 Å². The predicted molar refractivity (Wildman–Crippen MR) is 71.9 cm³/mol. The van der Waals surface area contributed by atoms with Gasteiger partial charge in [-0.25, -0.2) is 8.42 Å². The summed E-state index contributed by atoms with van der Waals surface area (Å²) in [6.07, 6.45) is 0. The molecule has 2 aromatic carbocycles. The minimum absolute atomic E-state index is 0.0544. The van der Waals surface area contributed by atoms with Gasteiger partial charge in [0.1, 0.15) is 0 Å². The van der Waals surface area contributed by atoms with Crippen molar-refractivity contribution in [2.75, 3.05) is 11.4 Å². The van der Waals surface area contributed by atoms with Gasteiger partial charge in [-0.05, 0) is 24.3 Å². The number of ketones is 1. The number of para-hydroxylation sites is 1. The van der Waals surface area contributed by atoms with Crippen LogP contribution in [0.3, 0.4) is 0 Å². The quantitative estimate of drug-likeness (QED) is 0.738. The molecule has 0 spiro atoms. The minimum atomic E-state index is -3.69. The number of sulfonamides is 1. The van der Waals surface area contributed by atoms with Crippen molar-refractivity contribution in [1.82, 2.24) is 0 Å². The molecule has 96 valence electrons. The Hall–Kier alpha value is -2.14. The van der Waals surface area contributed by atoms with E-state index in [2.05, 4.69) is 0 Å². The fourth-order valence-electron chi connectivity index (χ4n) is 2.24. The van der Waals surface area contributed by atoms with Gasteiger partial charge in [-0.1, -0.05) is 24.3 Å². The fraction of sp³-hybridized carbons (Fsp3) is 0.0714. The molecule has 0 aromatic heterocycles. The molecule has 3 rings (SSSR count). The van der Waals surface area contributed by atoms with Gasteiger partial charge in [-0.3, -0.25) is 9.10 Å². The third kappa shape index (κ3) is 1.58. The SMILES string of the molecule is CN1c2ccccc2C(=O)c2ccccc2S1(=O)=O. The number of hydrogen-bond donors (Lipinski definition) is 0. The highest BCUT2D eigenvalue weighted by molar-refractivity contribution is 7.93. The maximum atomic E-state index is 12.5. The summed E-state index contributed by atoms with van der Waals surface area (Å²) in [5, 5.41) is 0. The molecule has 0 fully saturated rings. The molecule has 0 unspecified atom stereocenters. The van der Waals surface area contributed by atoms with E-state index in [4.69, 9.17) is 0 Å². The Morgan fingerprint density at radius 1 is 0.895 bits per heavy atom. The van der Waals surface area contributed by atoms with Gasteiger partial charge in [0.2, 0.25) is 0 Å². The highest BCUT2D eigenvalue weighted by Gasteiger charge is 2.33. The van der Waals surface area contributed by atoms with Crippen LogP contribution in [0.4, 0.5) is 5.69 Å². The zero-order chi connectivity index (χ0) is 13.6. The molecule has 0 N–H and O–H groups in total. The normalized spacial score (nSPS) is 16.5. The summed E-state index contributed by atoms with van der Waals surface area (Å²) in [5.74, 6) is -0.265. The number of hydrogen-bond acceptors (Lipinski definition) is 3. The van der Waals surface area contributed by atoms with E-state index in [1.807, 2.05) is 0 Å². The number of carbonyl (C=O) groups excluding carboxylic acids is 1. The van der Waals surface area contributed by atoms with Crippen LogP contribution in [-0.2, 0) is 10.0 Å². The number of rotatable bonds is 0. The van der Waals surface area contributed by atoms with Crippen molar-refractivity contribution in [3.8, 4) is 0 Å². The van der Waals surface area contributed by atoms with Crippen molar-refractivity contribution in [3.63, 3.8) is 0 Å². The van der Waals surface area contributed by atoms with Crippen LogP contribution in [0.1, 0.15) is 15.9 Å². The lowest BCUT2D eigenvalue weighted by Gasteiger charge is -2.18. The van der Waals surface area contributed by atoms with E-state index in [1.54, 1.807) is 42.5 Å². The topological polar surface area (TPSA) is 54.5 Å². The van der Waals surface area contributed by atoms with Crippen molar-refractivity contribution in [1.29, 1.82) is 0 Å². The van der Waals surface area contributed by atoms with E-state index < -0.39 is 10.0 Å². The minimum Gasteiger partial charge on any atom is -0.288 e. The first-order valence-corrected chi connectivity index (χ1v) is 7.19. The molecule has 0 bridgehead atoms. The first-order valence-electron chi connectivity index (χ1n) is 5.75. The summed E-state index contributed by atoms with van der Waals surface area (Å²) in [4.78, 5) is 12.5. The highest BCUT2D eigenvalue weighted by Crippen LogP contribution is 2.33. The Morgan fingerprint density at radius 3 is 2.21 bits per heavy atom. The molecular weight excluding hydrogens is 262 g/mol. The molecule has 19 heavy (non-hydrogen) atoms. The molecule has 2 aromatic rings. The summed E-state index contributed by atoms with van der Waals surface area (Å²) < 4.78 is 26.2. The molecule has 0 saturated carbocycles. The maximum Gasteiger partial charge on any atom is 0.264 e. The van der Waals surface area contributed by atoms with Gasteiger partial charge in [0.15, 0.2) is 5.78 Å². The summed E-state index contributed by atoms with van der Waals surface area (Å²) in [6, 6.07) is 13.0. The number of carbonyl (C=O) groups is 1. The molecule has 5 heteroatoms.